The molecule has 34 heavy (non-hydrogen) atoms. The lowest BCUT2D eigenvalue weighted by Gasteiger charge is -2.36. The van der Waals surface area contributed by atoms with Crippen LogP contribution in [0.15, 0.2) is 40.9 Å². The number of carbonyl (C=O) groups excluding carboxylic acids is 2. The van der Waals surface area contributed by atoms with Crippen molar-refractivity contribution in [1.82, 2.24) is 19.8 Å². The van der Waals surface area contributed by atoms with Crippen molar-refractivity contribution < 1.29 is 27.3 Å². The first kappa shape index (κ1) is 23.3. The number of amides is 2. The van der Waals surface area contributed by atoms with E-state index >= 15 is 0 Å². The molecule has 2 aromatic heterocycles. The van der Waals surface area contributed by atoms with Gasteiger partial charge in [0.25, 0.3) is 5.91 Å². The summed E-state index contributed by atoms with van der Waals surface area (Å²) in [5.41, 5.74) is 1.43. The maximum Gasteiger partial charge on any atom is 0.436 e. The molecule has 1 aliphatic heterocycles. The zero-order chi connectivity index (χ0) is 24.5. The summed E-state index contributed by atoms with van der Waals surface area (Å²) in [6.07, 6.45) is -4.67. The van der Waals surface area contributed by atoms with Crippen LogP contribution in [0.3, 0.4) is 0 Å². The smallest absolute Gasteiger partial charge is 0.367 e. The molecule has 0 saturated carbocycles. The second kappa shape index (κ2) is 9.20. The fourth-order valence-electron chi connectivity index (χ4n) is 3.85. The summed E-state index contributed by atoms with van der Waals surface area (Å²) < 4.78 is 44.5. The predicted octanol–water partition coefficient (Wildman–Crippen LogP) is 3.11. The molecule has 12 heteroatoms. The molecule has 1 aromatic carbocycles. The second-order valence-corrected chi connectivity index (χ2v) is 8.00. The Morgan fingerprint density at radius 3 is 2.41 bits per heavy atom. The fourth-order valence-corrected chi connectivity index (χ4v) is 3.85. The summed E-state index contributed by atoms with van der Waals surface area (Å²) in [7, 11) is 0. The van der Waals surface area contributed by atoms with Gasteiger partial charge >= 0.3 is 6.18 Å². The van der Waals surface area contributed by atoms with Crippen LogP contribution in [-0.2, 0) is 17.5 Å². The Balaban J connectivity index is 1.40. The van der Waals surface area contributed by atoms with Gasteiger partial charge in [0.15, 0.2) is 5.69 Å². The van der Waals surface area contributed by atoms with E-state index in [2.05, 4.69) is 20.1 Å². The van der Waals surface area contributed by atoms with Crippen LogP contribution < -0.4 is 10.2 Å². The molecule has 0 radical (unpaired) electrons. The van der Waals surface area contributed by atoms with Crippen molar-refractivity contribution in [3.05, 3.63) is 59.0 Å². The van der Waals surface area contributed by atoms with E-state index in [-0.39, 0.29) is 18.0 Å². The third-order valence-electron chi connectivity index (χ3n) is 5.55. The van der Waals surface area contributed by atoms with Crippen molar-refractivity contribution in [2.45, 2.75) is 26.6 Å². The lowest BCUT2D eigenvalue weighted by molar-refractivity contribution is -0.142. The topological polar surface area (TPSA) is 96.5 Å². The summed E-state index contributed by atoms with van der Waals surface area (Å²) in [6.45, 7) is 5.85. The van der Waals surface area contributed by atoms with E-state index in [1.807, 2.05) is 24.8 Å². The average molecular weight is 476 g/mol. The van der Waals surface area contributed by atoms with Gasteiger partial charge < -0.3 is 14.3 Å². The van der Waals surface area contributed by atoms with E-state index in [0.717, 1.165) is 11.4 Å². The molecule has 4 rings (SSSR count). The van der Waals surface area contributed by atoms with Crippen LogP contribution in [0, 0.1) is 13.8 Å². The van der Waals surface area contributed by atoms with E-state index in [0.29, 0.717) is 37.9 Å². The Morgan fingerprint density at radius 1 is 1.09 bits per heavy atom. The van der Waals surface area contributed by atoms with E-state index in [1.54, 1.807) is 33.8 Å². The van der Waals surface area contributed by atoms with Crippen molar-refractivity contribution in [3.8, 4) is 0 Å². The number of nitrogens with zero attached hydrogens (tertiary/aromatic N) is 5. The Kier molecular flexibility index (Phi) is 6.31. The molecular formula is C22H23F3N6O3. The zero-order valence-corrected chi connectivity index (χ0v) is 18.6. The van der Waals surface area contributed by atoms with Crippen molar-refractivity contribution >= 4 is 23.4 Å². The number of nitrogens with one attached hydrogen (secondary N) is 1. The summed E-state index contributed by atoms with van der Waals surface area (Å²) in [4.78, 5) is 29.2. The van der Waals surface area contributed by atoms with Crippen molar-refractivity contribution in [2.24, 2.45) is 0 Å². The van der Waals surface area contributed by atoms with Gasteiger partial charge in [-0.15, -0.1) is 0 Å². The normalized spacial score (nSPS) is 14.4. The van der Waals surface area contributed by atoms with E-state index in [9.17, 15) is 22.8 Å². The lowest BCUT2D eigenvalue weighted by atomic mass is 10.1. The van der Waals surface area contributed by atoms with Crippen LogP contribution in [0.4, 0.5) is 24.7 Å². The van der Waals surface area contributed by atoms with Crippen LogP contribution in [0.1, 0.15) is 27.4 Å². The summed E-state index contributed by atoms with van der Waals surface area (Å²) in [6, 6.07) is 9.30. The Hall–Kier alpha value is -3.83. The summed E-state index contributed by atoms with van der Waals surface area (Å²) in [5.74, 6) is -1.06. The maximum atomic E-state index is 12.8. The van der Waals surface area contributed by atoms with Crippen LogP contribution in [0.2, 0.25) is 0 Å². The quantitative estimate of drug-likeness (QED) is 0.608. The van der Waals surface area contributed by atoms with Crippen LogP contribution in [0.5, 0.6) is 0 Å². The first-order valence-electron chi connectivity index (χ1n) is 10.6. The van der Waals surface area contributed by atoms with Crippen molar-refractivity contribution in [1.29, 1.82) is 0 Å². The third kappa shape index (κ3) is 5.05. The van der Waals surface area contributed by atoms with Gasteiger partial charge in [-0.25, -0.2) is 0 Å². The molecule has 1 saturated heterocycles. The number of halogens is 3. The standard InChI is InChI=1S/C22H23F3N6O3/c1-14-11-15(2)31(27-14)13-20(32)30-9-7-29(8-10-30)17-6-4-3-5-16(17)21(33)26-19-12-18(28-34-19)22(23,24)25/h3-6,11-12H,7-10,13H2,1-2H3,(H,26,33). The van der Waals surface area contributed by atoms with Crippen molar-refractivity contribution in [2.75, 3.05) is 36.4 Å². The molecule has 0 atom stereocenters. The average Bonchev–Trinajstić information content (AvgIpc) is 3.39. The highest BCUT2D eigenvalue weighted by atomic mass is 19.4. The van der Waals surface area contributed by atoms with Gasteiger partial charge in [-0.1, -0.05) is 17.3 Å². The number of benzene rings is 1. The molecule has 0 aliphatic carbocycles. The largest absolute Gasteiger partial charge is 0.436 e. The molecule has 0 bridgehead atoms. The number of aromatic nitrogens is 3. The maximum absolute atomic E-state index is 12.8. The zero-order valence-electron chi connectivity index (χ0n) is 18.6. The van der Waals surface area contributed by atoms with Crippen LogP contribution >= 0.6 is 0 Å². The number of rotatable bonds is 5. The van der Waals surface area contributed by atoms with E-state index < -0.39 is 23.7 Å². The molecule has 9 nitrogen and oxygen atoms in total. The molecule has 180 valence electrons. The minimum atomic E-state index is -4.67. The molecule has 1 aliphatic rings. The number of para-hydroxylation sites is 1. The highest BCUT2D eigenvalue weighted by molar-refractivity contribution is 6.07. The highest BCUT2D eigenvalue weighted by Gasteiger charge is 2.35. The fraction of sp³-hybridized carbons (Fsp3) is 0.364. The molecule has 3 heterocycles. The van der Waals surface area contributed by atoms with Crippen molar-refractivity contribution in [3.63, 3.8) is 0 Å². The van der Waals surface area contributed by atoms with Crippen LogP contribution in [0.25, 0.3) is 0 Å². The minimum Gasteiger partial charge on any atom is -0.367 e. The Morgan fingerprint density at radius 2 is 1.79 bits per heavy atom. The monoisotopic (exact) mass is 476 g/mol. The number of aryl methyl sites for hydroxylation is 2. The lowest BCUT2D eigenvalue weighted by Crippen LogP contribution is -2.50. The first-order chi connectivity index (χ1) is 16.1. The SMILES string of the molecule is Cc1cc(C)n(CC(=O)N2CCN(c3ccccc3C(=O)Nc3cc(C(F)(F)F)no3)CC2)n1. The molecule has 1 N–H and O–H groups in total. The second-order valence-electron chi connectivity index (χ2n) is 8.00. The van der Waals surface area contributed by atoms with Gasteiger partial charge in [-0.2, -0.15) is 18.3 Å². The van der Waals surface area contributed by atoms with E-state index in [1.165, 1.54) is 0 Å². The number of hydrogen-bond donors (Lipinski definition) is 1. The number of anilines is 2. The Labute approximate surface area is 193 Å². The first-order valence-corrected chi connectivity index (χ1v) is 10.6. The Bertz CT molecular complexity index is 1190. The summed E-state index contributed by atoms with van der Waals surface area (Å²) >= 11 is 0. The minimum absolute atomic E-state index is 0.0392. The molecule has 3 aromatic rings. The van der Waals surface area contributed by atoms with Gasteiger partial charge in [0.05, 0.1) is 11.3 Å². The number of carbonyl (C=O) groups is 2. The van der Waals surface area contributed by atoms with Gasteiger partial charge in [-0.05, 0) is 32.0 Å². The highest BCUT2D eigenvalue weighted by Crippen LogP contribution is 2.30. The summed E-state index contributed by atoms with van der Waals surface area (Å²) in [5, 5.41) is 9.59. The molecule has 0 spiro atoms. The number of piperazine rings is 1. The third-order valence-corrected chi connectivity index (χ3v) is 5.55. The van der Waals surface area contributed by atoms with Crippen LogP contribution in [-0.4, -0.2) is 57.8 Å². The van der Waals surface area contributed by atoms with Gasteiger partial charge in [0, 0.05) is 43.6 Å². The molecular weight excluding hydrogens is 453 g/mol. The molecule has 1 fully saturated rings. The van der Waals surface area contributed by atoms with Gasteiger partial charge in [0.1, 0.15) is 6.54 Å². The number of alkyl halides is 3. The van der Waals surface area contributed by atoms with Gasteiger partial charge in [0.2, 0.25) is 11.8 Å². The van der Waals surface area contributed by atoms with E-state index in [4.69, 9.17) is 0 Å². The molecule has 0 unspecified atom stereocenters. The molecule has 2 amide bonds. The van der Waals surface area contributed by atoms with Gasteiger partial charge in [-0.3, -0.25) is 19.6 Å². The predicted molar refractivity (Wildman–Crippen MR) is 116 cm³/mol. The number of hydrogen-bond acceptors (Lipinski definition) is 6.